The molecule has 1 fully saturated rings. The standard InChI is InChI=1S/C19H31NO/c1-16(2)20-13-12-18-10-6-7-11-19(18)15-21-14-17-8-4-3-5-9-17/h6-7,10-11,16-17,20H,3-5,8-9,12-15H2,1-2H3. The summed E-state index contributed by atoms with van der Waals surface area (Å²) < 4.78 is 6.01. The van der Waals surface area contributed by atoms with Gasteiger partial charge >= 0.3 is 0 Å². The summed E-state index contributed by atoms with van der Waals surface area (Å²) in [6, 6.07) is 9.26. The van der Waals surface area contributed by atoms with E-state index in [1.807, 2.05) is 0 Å². The molecule has 1 aromatic carbocycles. The van der Waals surface area contributed by atoms with Crippen molar-refractivity contribution in [3.05, 3.63) is 35.4 Å². The van der Waals surface area contributed by atoms with Gasteiger partial charge in [-0.25, -0.2) is 0 Å². The van der Waals surface area contributed by atoms with Crippen LogP contribution in [0.1, 0.15) is 57.1 Å². The predicted molar refractivity (Wildman–Crippen MR) is 89.5 cm³/mol. The minimum Gasteiger partial charge on any atom is -0.376 e. The van der Waals surface area contributed by atoms with E-state index in [0.29, 0.717) is 6.04 Å². The maximum Gasteiger partial charge on any atom is 0.0719 e. The highest BCUT2D eigenvalue weighted by Crippen LogP contribution is 2.24. The van der Waals surface area contributed by atoms with Crippen LogP contribution in [0.5, 0.6) is 0 Å². The number of hydrogen-bond acceptors (Lipinski definition) is 2. The first kappa shape index (κ1) is 16.5. The molecule has 0 heterocycles. The summed E-state index contributed by atoms with van der Waals surface area (Å²) >= 11 is 0. The minimum absolute atomic E-state index is 0.555. The molecule has 0 bridgehead atoms. The molecule has 2 nitrogen and oxygen atoms in total. The van der Waals surface area contributed by atoms with E-state index in [2.05, 4.69) is 43.4 Å². The van der Waals surface area contributed by atoms with Gasteiger partial charge < -0.3 is 10.1 Å². The van der Waals surface area contributed by atoms with Gasteiger partial charge in [0, 0.05) is 12.6 Å². The van der Waals surface area contributed by atoms with Crippen LogP contribution in [0.2, 0.25) is 0 Å². The molecule has 0 unspecified atom stereocenters. The topological polar surface area (TPSA) is 21.3 Å². The molecule has 0 amide bonds. The Bertz CT molecular complexity index is 396. The quantitative estimate of drug-likeness (QED) is 0.769. The molecule has 21 heavy (non-hydrogen) atoms. The Morgan fingerprint density at radius 3 is 2.52 bits per heavy atom. The fraction of sp³-hybridized carbons (Fsp3) is 0.684. The van der Waals surface area contributed by atoms with Crippen molar-refractivity contribution in [1.29, 1.82) is 0 Å². The maximum atomic E-state index is 6.01. The van der Waals surface area contributed by atoms with E-state index in [4.69, 9.17) is 4.74 Å². The summed E-state index contributed by atoms with van der Waals surface area (Å²) in [6.07, 6.45) is 8.01. The molecule has 0 atom stereocenters. The molecule has 1 aromatic rings. The molecule has 1 aliphatic rings. The van der Waals surface area contributed by atoms with Crippen molar-refractivity contribution in [2.24, 2.45) is 5.92 Å². The summed E-state index contributed by atoms with van der Waals surface area (Å²) in [5.74, 6) is 0.800. The number of hydrogen-bond donors (Lipinski definition) is 1. The van der Waals surface area contributed by atoms with E-state index >= 15 is 0 Å². The third kappa shape index (κ3) is 6.19. The Balaban J connectivity index is 1.76. The molecular formula is C19H31NO. The summed E-state index contributed by atoms with van der Waals surface area (Å²) in [6.45, 7) is 7.14. The molecule has 1 saturated carbocycles. The number of nitrogens with one attached hydrogen (secondary N) is 1. The average molecular weight is 289 g/mol. The van der Waals surface area contributed by atoms with Crippen LogP contribution in [-0.2, 0) is 17.8 Å². The van der Waals surface area contributed by atoms with E-state index in [1.54, 1.807) is 0 Å². The second kappa shape index (κ2) is 9.22. The summed E-state index contributed by atoms with van der Waals surface area (Å²) in [7, 11) is 0. The van der Waals surface area contributed by atoms with Crippen molar-refractivity contribution in [2.45, 2.75) is 65.0 Å². The van der Waals surface area contributed by atoms with Gasteiger partial charge in [0.15, 0.2) is 0 Å². The summed E-state index contributed by atoms with van der Waals surface area (Å²) in [5, 5.41) is 3.49. The highest BCUT2D eigenvalue weighted by Gasteiger charge is 2.13. The number of benzene rings is 1. The third-order valence-corrected chi connectivity index (χ3v) is 4.40. The molecule has 118 valence electrons. The van der Waals surface area contributed by atoms with Crippen LogP contribution >= 0.6 is 0 Å². The van der Waals surface area contributed by atoms with Crippen molar-refractivity contribution in [1.82, 2.24) is 5.32 Å². The van der Waals surface area contributed by atoms with Gasteiger partial charge in [0.05, 0.1) is 6.61 Å². The van der Waals surface area contributed by atoms with E-state index in [1.165, 1.54) is 43.2 Å². The van der Waals surface area contributed by atoms with Gasteiger partial charge in [-0.05, 0) is 42.9 Å². The molecule has 2 rings (SSSR count). The van der Waals surface area contributed by atoms with Gasteiger partial charge in [-0.15, -0.1) is 0 Å². The normalized spacial score (nSPS) is 16.5. The summed E-state index contributed by atoms with van der Waals surface area (Å²) in [5.41, 5.74) is 2.79. The highest BCUT2D eigenvalue weighted by molar-refractivity contribution is 5.26. The molecule has 0 aromatic heterocycles. The van der Waals surface area contributed by atoms with Crippen LogP contribution in [0.15, 0.2) is 24.3 Å². The zero-order valence-electron chi connectivity index (χ0n) is 13.7. The Morgan fingerprint density at radius 2 is 1.81 bits per heavy atom. The molecule has 1 aliphatic carbocycles. The average Bonchev–Trinajstić information content (AvgIpc) is 2.49. The molecule has 0 aliphatic heterocycles. The molecule has 0 saturated heterocycles. The third-order valence-electron chi connectivity index (χ3n) is 4.40. The lowest BCUT2D eigenvalue weighted by molar-refractivity contribution is 0.0735. The smallest absolute Gasteiger partial charge is 0.0719 e. The molecule has 0 spiro atoms. The van der Waals surface area contributed by atoms with Crippen LogP contribution in [0, 0.1) is 5.92 Å². The number of ether oxygens (including phenoxy) is 1. The summed E-state index contributed by atoms with van der Waals surface area (Å²) in [4.78, 5) is 0. The van der Waals surface area contributed by atoms with Gasteiger partial charge in [-0.2, -0.15) is 0 Å². The Labute approximate surface area is 130 Å². The SMILES string of the molecule is CC(C)NCCc1ccccc1COCC1CCCCC1. The monoisotopic (exact) mass is 289 g/mol. The lowest BCUT2D eigenvalue weighted by atomic mass is 9.90. The molecule has 1 N–H and O–H groups in total. The minimum atomic E-state index is 0.555. The van der Waals surface area contributed by atoms with Crippen molar-refractivity contribution >= 4 is 0 Å². The van der Waals surface area contributed by atoms with E-state index in [9.17, 15) is 0 Å². The predicted octanol–water partition coefficient (Wildman–Crippen LogP) is 4.32. The second-order valence-corrected chi connectivity index (χ2v) is 6.65. The van der Waals surface area contributed by atoms with Crippen LogP contribution in [0.25, 0.3) is 0 Å². The first-order valence-electron chi connectivity index (χ1n) is 8.63. The molecule has 2 heteroatoms. The number of rotatable bonds is 8. The first-order valence-corrected chi connectivity index (χ1v) is 8.63. The van der Waals surface area contributed by atoms with Crippen LogP contribution in [0.4, 0.5) is 0 Å². The fourth-order valence-corrected chi connectivity index (χ4v) is 3.13. The van der Waals surface area contributed by atoms with Gasteiger partial charge in [0.2, 0.25) is 0 Å². The molecule has 0 radical (unpaired) electrons. The van der Waals surface area contributed by atoms with Gasteiger partial charge in [-0.3, -0.25) is 0 Å². The zero-order chi connectivity index (χ0) is 14.9. The van der Waals surface area contributed by atoms with Crippen molar-refractivity contribution in [2.75, 3.05) is 13.2 Å². The van der Waals surface area contributed by atoms with Gasteiger partial charge in [-0.1, -0.05) is 57.4 Å². The fourth-order valence-electron chi connectivity index (χ4n) is 3.13. The van der Waals surface area contributed by atoms with Crippen molar-refractivity contribution < 1.29 is 4.74 Å². The zero-order valence-corrected chi connectivity index (χ0v) is 13.7. The molecular weight excluding hydrogens is 258 g/mol. The van der Waals surface area contributed by atoms with E-state index in [-0.39, 0.29) is 0 Å². The maximum absolute atomic E-state index is 6.01. The van der Waals surface area contributed by atoms with Crippen LogP contribution in [0.3, 0.4) is 0 Å². The second-order valence-electron chi connectivity index (χ2n) is 6.65. The Morgan fingerprint density at radius 1 is 1.10 bits per heavy atom. The largest absolute Gasteiger partial charge is 0.376 e. The van der Waals surface area contributed by atoms with Crippen molar-refractivity contribution in [3.8, 4) is 0 Å². The lowest BCUT2D eigenvalue weighted by Gasteiger charge is -2.21. The van der Waals surface area contributed by atoms with Gasteiger partial charge in [0.25, 0.3) is 0 Å². The van der Waals surface area contributed by atoms with E-state index < -0.39 is 0 Å². The Kier molecular flexibility index (Phi) is 7.25. The van der Waals surface area contributed by atoms with Gasteiger partial charge in [0.1, 0.15) is 0 Å². The first-order chi connectivity index (χ1) is 10.3. The highest BCUT2D eigenvalue weighted by atomic mass is 16.5. The lowest BCUT2D eigenvalue weighted by Crippen LogP contribution is -2.25. The van der Waals surface area contributed by atoms with Crippen LogP contribution in [-0.4, -0.2) is 19.2 Å². The Hall–Kier alpha value is -0.860. The van der Waals surface area contributed by atoms with Crippen molar-refractivity contribution in [3.63, 3.8) is 0 Å². The van der Waals surface area contributed by atoms with E-state index in [0.717, 1.165) is 32.1 Å². The van der Waals surface area contributed by atoms with Crippen LogP contribution < -0.4 is 5.32 Å².